The molecular formula is C28H32ClFN3O6P. The van der Waals surface area contributed by atoms with Crippen molar-refractivity contribution in [2.45, 2.75) is 58.7 Å². The van der Waals surface area contributed by atoms with Crippen LogP contribution in [0.5, 0.6) is 0 Å². The minimum atomic E-state index is -4.11. The van der Waals surface area contributed by atoms with E-state index >= 15 is 0 Å². The van der Waals surface area contributed by atoms with E-state index in [-0.39, 0.29) is 47.3 Å². The fourth-order valence-corrected chi connectivity index (χ4v) is 6.10. The molecule has 2 amide bonds. The lowest BCUT2D eigenvalue weighted by molar-refractivity contribution is -0.138. The van der Waals surface area contributed by atoms with Gasteiger partial charge in [0.05, 0.1) is 22.5 Å². The Bertz CT molecular complexity index is 1490. The maximum absolute atomic E-state index is 14.2. The first-order valence-electron chi connectivity index (χ1n) is 13.1. The fraction of sp³-hybridized carbons (Fsp3) is 0.393. The Morgan fingerprint density at radius 1 is 1.25 bits per heavy atom. The molecule has 9 nitrogen and oxygen atoms in total. The second-order valence-corrected chi connectivity index (χ2v) is 12.0. The van der Waals surface area contributed by atoms with Gasteiger partial charge in [0.25, 0.3) is 0 Å². The molecule has 0 radical (unpaired) electrons. The van der Waals surface area contributed by atoms with Gasteiger partial charge in [-0.15, -0.1) is 0 Å². The summed E-state index contributed by atoms with van der Waals surface area (Å²) < 4.78 is 33.9. The Morgan fingerprint density at radius 2 is 2.02 bits per heavy atom. The second kappa shape index (κ2) is 12.6. The topological polar surface area (TPSA) is 118 Å². The van der Waals surface area contributed by atoms with Gasteiger partial charge in [-0.1, -0.05) is 43.1 Å². The summed E-state index contributed by atoms with van der Waals surface area (Å²) in [4.78, 5) is 50.7. The van der Waals surface area contributed by atoms with Crippen LogP contribution < -0.4 is 10.6 Å². The lowest BCUT2D eigenvalue weighted by Gasteiger charge is -2.24. The molecule has 0 spiro atoms. The second-order valence-electron chi connectivity index (χ2n) is 9.81. The third kappa shape index (κ3) is 6.47. The molecule has 1 aliphatic heterocycles. The number of benzene rings is 2. The number of halogens is 2. The summed E-state index contributed by atoms with van der Waals surface area (Å²) in [6.07, 6.45) is 4.05. The highest BCUT2D eigenvalue weighted by Gasteiger charge is 2.34. The number of amides is 2. The van der Waals surface area contributed by atoms with Crippen molar-refractivity contribution < 1.29 is 32.8 Å². The van der Waals surface area contributed by atoms with Crippen LogP contribution >= 0.6 is 19.2 Å². The number of likely N-dealkylation sites (tertiary alicyclic amines) is 1. The van der Waals surface area contributed by atoms with Crippen LogP contribution in [0.4, 0.5) is 4.39 Å². The molecule has 1 unspecified atom stereocenters. The predicted molar refractivity (Wildman–Crippen MR) is 150 cm³/mol. The first-order valence-corrected chi connectivity index (χ1v) is 15.1. The number of aromatic nitrogens is 1. The van der Waals surface area contributed by atoms with Crippen molar-refractivity contribution in [1.82, 2.24) is 14.8 Å². The number of nitrogens with zero attached hydrogens (tertiary/aromatic N) is 2. The highest BCUT2D eigenvalue weighted by atomic mass is 35.5. The minimum Gasteiger partial charge on any atom is -0.350 e. The van der Waals surface area contributed by atoms with Crippen LogP contribution in [0.3, 0.4) is 0 Å². The van der Waals surface area contributed by atoms with E-state index in [1.165, 1.54) is 36.1 Å². The molecule has 1 saturated heterocycles. The number of rotatable bonds is 11. The minimum absolute atomic E-state index is 0.0402. The molecule has 1 fully saturated rings. The van der Waals surface area contributed by atoms with Gasteiger partial charge < -0.3 is 24.2 Å². The molecule has 2 atom stereocenters. The van der Waals surface area contributed by atoms with E-state index in [0.29, 0.717) is 42.3 Å². The van der Waals surface area contributed by atoms with Crippen molar-refractivity contribution in [3.05, 3.63) is 64.6 Å². The predicted octanol–water partition coefficient (Wildman–Crippen LogP) is 4.57. The molecule has 2 heterocycles. The summed E-state index contributed by atoms with van der Waals surface area (Å²) >= 11 is 5.82. The largest absolute Gasteiger partial charge is 0.358 e. The van der Waals surface area contributed by atoms with Crippen molar-refractivity contribution in [3.8, 4) is 0 Å². The molecule has 40 heavy (non-hydrogen) atoms. The average Bonchev–Trinajstić information content (AvgIpc) is 3.55. The Kier molecular flexibility index (Phi) is 9.46. The zero-order valence-electron chi connectivity index (χ0n) is 22.4. The first-order chi connectivity index (χ1) is 19.0. The number of hydrogen-bond donors (Lipinski definition) is 2. The highest BCUT2D eigenvalue weighted by Crippen LogP contribution is 2.41. The monoisotopic (exact) mass is 591 g/mol. The summed E-state index contributed by atoms with van der Waals surface area (Å²) in [7, 11) is -4.11. The molecule has 3 aromatic rings. The van der Waals surface area contributed by atoms with E-state index in [1.807, 2.05) is 6.92 Å². The molecule has 4 rings (SSSR count). The van der Waals surface area contributed by atoms with Crippen molar-refractivity contribution in [3.63, 3.8) is 0 Å². The van der Waals surface area contributed by atoms with Gasteiger partial charge in [0.1, 0.15) is 18.4 Å². The van der Waals surface area contributed by atoms with Gasteiger partial charge >= 0.3 is 7.60 Å². The van der Waals surface area contributed by atoms with Crippen LogP contribution in [0.15, 0.2) is 42.6 Å². The zero-order valence-corrected chi connectivity index (χ0v) is 24.0. The highest BCUT2D eigenvalue weighted by molar-refractivity contribution is 7.61. The number of nitrogens with one attached hydrogen (secondary N) is 1. The summed E-state index contributed by atoms with van der Waals surface area (Å²) in [6, 6.07) is 8.31. The Balaban J connectivity index is 1.54. The number of ketones is 1. The van der Waals surface area contributed by atoms with E-state index < -0.39 is 25.4 Å². The van der Waals surface area contributed by atoms with Gasteiger partial charge in [0, 0.05) is 35.8 Å². The SMILES string of the molecule is CCCCOP(=O)(O)c1ccc2c(C(C)=O)cn(CC(=O)N3CCC[C@H]3C(=O)NCc3cccc(Cl)c3F)c2c1. The number of unbranched alkanes of at least 4 members (excludes halogenated alkanes) is 1. The molecule has 0 saturated carbocycles. The number of carbonyl (C=O) groups excluding carboxylic acids is 3. The van der Waals surface area contributed by atoms with Gasteiger partial charge in [-0.3, -0.25) is 18.9 Å². The van der Waals surface area contributed by atoms with Crippen molar-refractivity contribution in [1.29, 1.82) is 0 Å². The van der Waals surface area contributed by atoms with E-state index in [4.69, 9.17) is 16.1 Å². The molecule has 1 aliphatic rings. The zero-order chi connectivity index (χ0) is 29.0. The molecule has 1 aromatic heterocycles. The van der Waals surface area contributed by atoms with E-state index in [9.17, 15) is 28.2 Å². The molecule has 2 N–H and O–H groups in total. The summed E-state index contributed by atoms with van der Waals surface area (Å²) in [6.45, 7) is 3.58. The molecule has 12 heteroatoms. The van der Waals surface area contributed by atoms with E-state index in [1.54, 1.807) is 22.9 Å². The summed E-state index contributed by atoms with van der Waals surface area (Å²) in [5.74, 6) is -1.58. The first kappa shape index (κ1) is 29.9. The normalized spacial score (nSPS) is 16.7. The van der Waals surface area contributed by atoms with Crippen molar-refractivity contribution in [2.75, 3.05) is 13.2 Å². The Labute approximate surface area is 236 Å². The maximum atomic E-state index is 14.2. The third-order valence-corrected chi connectivity index (χ3v) is 8.76. The molecule has 0 aliphatic carbocycles. The van der Waals surface area contributed by atoms with Crippen LogP contribution in [0.2, 0.25) is 5.02 Å². The van der Waals surface area contributed by atoms with Gasteiger partial charge in [-0.05, 0) is 44.4 Å². The van der Waals surface area contributed by atoms with Crippen LogP contribution in [-0.2, 0) is 31.8 Å². The van der Waals surface area contributed by atoms with Crippen molar-refractivity contribution in [2.24, 2.45) is 0 Å². The Hall–Kier alpha value is -3.04. The van der Waals surface area contributed by atoms with Gasteiger partial charge in [0.2, 0.25) is 11.8 Å². The quantitative estimate of drug-likeness (QED) is 0.192. The molecule has 2 aromatic carbocycles. The summed E-state index contributed by atoms with van der Waals surface area (Å²) in [5, 5.41) is 3.25. The van der Waals surface area contributed by atoms with Crippen LogP contribution in [0, 0.1) is 5.82 Å². The van der Waals surface area contributed by atoms with E-state index in [0.717, 1.165) is 6.42 Å². The Morgan fingerprint density at radius 3 is 2.75 bits per heavy atom. The number of hydrogen-bond acceptors (Lipinski definition) is 5. The van der Waals surface area contributed by atoms with Gasteiger partial charge in [-0.2, -0.15) is 0 Å². The third-order valence-electron chi connectivity index (χ3n) is 7.00. The van der Waals surface area contributed by atoms with Crippen LogP contribution in [0.25, 0.3) is 10.9 Å². The molecule has 214 valence electrons. The molecule has 0 bridgehead atoms. The maximum Gasteiger partial charge on any atom is 0.358 e. The van der Waals surface area contributed by atoms with Gasteiger partial charge in [0.15, 0.2) is 5.78 Å². The fourth-order valence-electron chi connectivity index (χ4n) is 4.83. The van der Waals surface area contributed by atoms with Crippen LogP contribution in [-0.4, -0.2) is 51.2 Å². The van der Waals surface area contributed by atoms with Crippen molar-refractivity contribution >= 4 is 53.0 Å². The average molecular weight is 592 g/mol. The number of fused-ring (bicyclic) bond motifs is 1. The van der Waals surface area contributed by atoms with E-state index in [2.05, 4.69) is 5.32 Å². The number of Topliss-reactive ketones (excluding diaryl/α,β-unsaturated/α-hetero) is 1. The standard InChI is InChI=1S/C28H32ClFN3O6P/c1-3-4-13-39-40(37,38)20-10-11-21-22(18(2)34)16-32(25(21)14-20)17-26(35)33-12-6-9-24(33)28(36)31-15-19-7-5-8-23(29)27(19)30/h5,7-8,10-11,14,16,24H,3-4,6,9,12-13,15,17H2,1-2H3,(H,31,36)(H,37,38)/t24-/m0/s1. The van der Waals surface area contributed by atoms with Crippen LogP contribution in [0.1, 0.15) is 55.5 Å². The summed E-state index contributed by atoms with van der Waals surface area (Å²) in [5.41, 5.74) is 1.04. The lowest BCUT2D eigenvalue weighted by atomic mass is 10.1. The number of carbonyl (C=O) groups is 3. The lowest BCUT2D eigenvalue weighted by Crippen LogP contribution is -2.46. The smallest absolute Gasteiger partial charge is 0.350 e. The molecular weight excluding hydrogens is 560 g/mol. The van der Waals surface area contributed by atoms with Gasteiger partial charge in [-0.25, -0.2) is 4.39 Å².